The highest BCUT2D eigenvalue weighted by atomic mass is 19.4. The summed E-state index contributed by atoms with van der Waals surface area (Å²) in [5.74, 6) is 0.443. The fourth-order valence-electron chi connectivity index (χ4n) is 2.30. The summed E-state index contributed by atoms with van der Waals surface area (Å²) in [5, 5.41) is 2.63. The molecule has 2 heterocycles. The first-order valence-electron chi connectivity index (χ1n) is 7.91. The second-order valence-corrected chi connectivity index (χ2v) is 6.72. The monoisotopic (exact) mass is 361 g/mol. The number of alkyl carbamates (subject to hydrolysis) is 1. The average Bonchev–Trinajstić information content (AvgIpc) is 2.51. The minimum Gasteiger partial charge on any atom is -0.444 e. The molecule has 1 atom stereocenters. The van der Waals surface area contributed by atoms with Gasteiger partial charge in [0, 0.05) is 25.8 Å². The number of halogens is 3. The molecule has 1 aliphatic heterocycles. The Morgan fingerprint density at radius 1 is 1.40 bits per heavy atom. The molecule has 1 aromatic rings. The summed E-state index contributed by atoms with van der Waals surface area (Å²) in [6.45, 7) is 6.86. The lowest BCUT2D eigenvalue weighted by atomic mass is 10.2. The number of nitrogens with zero attached hydrogens (tertiary/aromatic N) is 2. The van der Waals surface area contributed by atoms with Crippen LogP contribution in [0.15, 0.2) is 18.3 Å². The molecule has 1 saturated heterocycles. The average molecular weight is 361 g/mol. The van der Waals surface area contributed by atoms with Crippen LogP contribution in [0.25, 0.3) is 0 Å². The topological polar surface area (TPSA) is 63.7 Å². The number of carbonyl (C=O) groups is 1. The number of rotatable bonds is 3. The second kappa shape index (κ2) is 7.47. The Bertz CT molecular complexity index is 585. The molecule has 25 heavy (non-hydrogen) atoms. The number of alkyl halides is 3. The van der Waals surface area contributed by atoms with Gasteiger partial charge in [-0.15, -0.1) is 0 Å². The molecule has 0 saturated carbocycles. The molecule has 2 rings (SSSR count). The Morgan fingerprint density at radius 3 is 2.68 bits per heavy atom. The summed E-state index contributed by atoms with van der Waals surface area (Å²) in [6, 6.07) is 2.35. The van der Waals surface area contributed by atoms with Crippen molar-refractivity contribution in [1.82, 2.24) is 10.3 Å². The zero-order valence-corrected chi connectivity index (χ0v) is 14.4. The molecule has 0 aliphatic carbocycles. The third-order valence-electron chi connectivity index (χ3n) is 3.41. The summed E-state index contributed by atoms with van der Waals surface area (Å²) in [6.07, 6.45) is -4.43. The highest BCUT2D eigenvalue weighted by Gasteiger charge is 2.31. The van der Waals surface area contributed by atoms with Crippen LogP contribution in [0.4, 0.5) is 23.8 Å². The molecular weight excluding hydrogens is 339 g/mol. The van der Waals surface area contributed by atoms with Crippen molar-refractivity contribution in [2.45, 2.75) is 38.7 Å². The molecule has 0 spiro atoms. The lowest BCUT2D eigenvalue weighted by molar-refractivity contribution is -0.137. The molecule has 0 radical (unpaired) electrons. The van der Waals surface area contributed by atoms with Crippen molar-refractivity contribution < 1.29 is 27.4 Å². The van der Waals surface area contributed by atoms with Gasteiger partial charge in [0.1, 0.15) is 11.4 Å². The first-order chi connectivity index (χ1) is 11.5. The molecule has 0 bridgehead atoms. The predicted octanol–water partition coefficient (Wildman–Crippen LogP) is 2.83. The number of morpholine rings is 1. The van der Waals surface area contributed by atoms with Crippen molar-refractivity contribution in [2.75, 3.05) is 31.1 Å². The van der Waals surface area contributed by atoms with Gasteiger partial charge in [-0.25, -0.2) is 9.78 Å². The van der Waals surface area contributed by atoms with Gasteiger partial charge in [-0.1, -0.05) is 0 Å². The Labute approximate surface area is 144 Å². The maximum atomic E-state index is 12.6. The minimum atomic E-state index is -4.41. The fraction of sp³-hybridized carbons (Fsp3) is 0.625. The van der Waals surface area contributed by atoms with E-state index in [4.69, 9.17) is 9.47 Å². The number of amides is 1. The molecule has 1 aliphatic rings. The SMILES string of the molecule is CC(C)(C)OC(=O)NC[C@H]1CN(c2ccc(C(F)(F)F)cn2)CCO1. The number of carbonyl (C=O) groups excluding carboxylic acids is 1. The molecule has 0 aromatic carbocycles. The minimum absolute atomic E-state index is 0.242. The van der Waals surface area contributed by atoms with Crippen molar-refractivity contribution >= 4 is 11.9 Å². The van der Waals surface area contributed by atoms with E-state index in [0.717, 1.165) is 12.3 Å². The Morgan fingerprint density at radius 2 is 2.12 bits per heavy atom. The van der Waals surface area contributed by atoms with Crippen LogP contribution in [0.5, 0.6) is 0 Å². The molecular formula is C16H22F3N3O3. The van der Waals surface area contributed by atoms with Crippen molar-refractivity contribution in [3.05, 3.63) is 23.9 Å². The number of hydrogen-bond acceptors (Lipinski definition) is 5. The van der Waals surface area contributed by atoms with E-state index < -0.39 is 23.4 Å². The maximum Gasteiger partial charge on any atom is 0.417 e. The van der Waals surface area contributed by atoms with Crippen LogP contribution in [0.1, 0.15) is 26.3 Å². The lowest BCUT2D eigenvalue weighted by Crippen LogP contribution is -2.48. The van der Waals surface area contributed by atoms with Crippen LogP contribution in [-0.2, 0) is 15.7 Å². The lowest BCUT2D eigenvalue weighted by Gasteiger charge is -2.34. The number of anilines is 1. The van der Waals surface area contributed by atoms with Gasteiger partial charge in [0.05, 0.1) is 18.3 Å². The van der Waals surface area contributed by atoms with Gasteiger partial charge < -0.3 is 19.7 Å². The molecule has 0 unspecified atom stereocenters. The highest BCUT2D eigenvalue weighted by molar-refractivity contribution is 5.67. The Hall–Kier alpha value is -2.03. The highest BCUT2D eigenvalue weighted by Crippen LogP contribution is 2.29. The smallest absolute Gasteiger partial charge is 0.417 e. The molecule has 1 N–H and O–H groups in total. The Kier molecular flexibility index (Phi) is 5.76. The van der Waals surface area contributed by atoms with E-state index in [-0.39, 0.29) is 12.6 Å². The summed E-state index contributed by atoms with van der Waals surface area (Å²) in [4.78, 5) is 17.4. The van der Waals surface area contributed by atoms with Gasteiger partial charge >= 0.3 is 12.3 Å². The zero-order chi connectivity index (χ0) is 18.7. The first kappa shape index (κ1) is 19.3. The summed E-state index contributed by atoms with van der Waals surface area (Å²) in [5.41, 5.74) is -1.37. The van der Waals surface area contributed by atoms with Crippen molar-refractivity contribution in [1.29, 1.82) is 0 Å². The van der Waals surface area contributed by atoms with Crippen LogP contribution in [0, 0.1) is 0 Å². The van der Waals surface area contributed by atoms with Crippen molar-refractivity contribution in [2.24, 2.45) is 0 Å². The standard InChI is InChI=1S/C16H22F3N3O3/c1-15(2,3)25-14(23)21-9-12-10-22(6-7-24-12)13-5-4-11(8-20-13)16(17,18)19/h4-5,8,12H,6-7,9-10H2,1-3H3,(H,21,23)/t12-/m0/s1. The molecule has 1 aromatic heterocycles. The van der Waals surface area contributed by atoms with Gasteiger partial charge in [0.25, 0.3) is 0 Å². The van der Waals surface area contributed by atoms with Crippen LogP contribution in [0.2, 0.25) is 0 Å². The Balaban J connectivity index is 1.89. The van der Waals surface area contributed by atoms with Crippen LogP contribution >= 0.6 is 0 Å². The number of aromatic nitrogens is 1. The molecule has 1 amide bonds. The van der Waals surface area contributed by atoms with Crippen molar-refractivity contribution in [3.63, 3.8) is 0 Å². The van der Waals surface area contributed by atoms with E-state index >= 15 is 0 Å². The van der Waals surface area contributed by atoms with E-state index in [9.17, 15) is 18.0 Å². The van der Waals surface area contributed by atoms with E-state index in [1.807, 2.05) is 4.90 Å². The molecule has 1 fully saturated rings. The van der Waals surface area contributed by atoms with Gasteiger partial charge in [0.15, 0.2) is 0 Å². The first-order valence-corrected chi connectivity index (χ1v) is 7.91. The summed E-state index contributed by atoms with van der Waals surface area (Å²) >= 11 is 0. The molecule has 9 heteroatoms. The van der Waals surface area contributed by atoms with E-state index in [1.165, 1.54) is 6.07 Å². The number of pyridine rings is 1. The zero-order valence-electron chi connectivity index (χ0n) is 14.4. The van der Waals surface area contributed by atoms with Crippen molar-refractivity contribution in [3.8, 4) is 0 Å². The third kappa shape index (κ3) is 6.08. The van der Waals surface area contributed by atoms with Crippen LogP contribution in [-0.4, -0.2) is 49.0 Å². The van der Waals surface area contributed by atoms with E-state index in [2.05, 4.69) is 10.3 Å². The summed E-state index contributed by atoms with van der Waals surface area (Å²) in [7, 11) is 0. The quantitative estimate of drug-likeness (QED) is 0.897. The number of hydrogen-bond donors (Lipinski definition) is 1. The fourth-order valence-corrected chi connectivity index (χ4v) is 2.30. The van der Waals surface area contributed by atoms with Gasteiger partial charge in [0.2, 0.25) is 0 Å². The second-order valence-electron chi connectivity index (χ2n) is 6.72. The molecule has 140 valence electrons. The van der Waals surface area contributed by atoms with Gasteiger partial charge in [-0.05, 0) is 32.9 Å². The van der Waals surface area contributed by atoms with E-state index in [0.29, 0.717) is 25.5 Å². The number of ether oxygens (including phenoxy) is 2. The molecule has 6 nitrogen and oxygen atoms in total. The van der Waals surface area contributed by atoms with E-state index in [1.54, 1.807) is 20.8 Å². The van der Waals surface area contributed by atoms with Crippen LogP contribution < -0.4 is 10.2 Å². The number of nitrogens with one attached hydrogen (secondary N) is 1. The normalized spacial score (nSPS) is 18.8. The third-order valence-corrected chi connectivity index (χ3v) is 3.41. The maximum absolute atomic E-state index is 12.6. The summed E-state index contributed by atoms with van der Waals surface area (Å²) < 4.78 is 48.5. The van der Waals surface area contributed by atoms with Crippen LogP contribution in [0.3, 0.4) is 0 Å². The van der Waals surface area contributed by atoms with Gasteiger partial charge in [-0.3, -0.25) is 0 Å². The van der Waals surface area contributed by atoms with Gasteiger partial charge in [-0.2, -0.15) is 13.2 Å². The predicted molar refractivity (Wildman–Crippen MR) is 85.4 cm³/mol. The largest absolute Gasteiger partial charge is 0.444 e.